The van der Waals surface area contributed by atoms with Gasteiger partial charge in [-0.3, -0.25) is 0 Å². The van der Waals surface area contributed by atoms with Crippen LogP contribution in [0.2, 0.25) is 0 Å². The van der Waals surface area contributed by atoms with Crippen molar-refractivity contribution >= 4 is 6.08 Å². The van der Waals surface area contributed by atoms with Crippen molar-refractivity contribution in [3.05, 3.63) is 23.3 Å². The Morgan fingerprint density at radius 1 is 1.05 bits per heavy atom. The van der Waals surface area contributed by atoms with Gasteiger partial charge in [-0.15, -0.1) is 0 Å². The van der Waals surface area contributed by atoms with Crippen molar-refractivity contribution in [1.29, 1.82) is 0 Å². The van der Waals surface area contributed by atoms with E-state index in [1.807, 2.05) is 12.1 Å². The Morgan fingerprint density at radius 3 is 2.20 bits per heavy atom. The first-order valence-electron chi connectivity index (χ1n) is 6.84. The van der Waals surface area contributed by atoms with Gasteiger partial charge in [-0.1, -0.05) is 18.6 Å². The van der Waals surface area contributed by atoms with Gasteiger partial charge < -0.3 is 19.5 Å². The SMILES string of the molecule is CCCNCC(C)=Cc1cc(OC)c(OC)cc1OC. The van der Waals surface area contributed by atoms with E-state index in [0.717, 1.165) is 30.8 Å². The Labute approximate surface area is 121 Å². The van der Waals surface area contributed by atoms with Crippen LogP contribution in [0.15, 0.2) is 17.7 Å². The summed E-state index contributed by atoms with van der Waals surface area (Å²) < 4.78 is 16.0. The maximum atomic E-state index is 5.41. The summed E-state index contributed by atoms with van der Waals surface area (Å²) in [6.45, 7) is 6.14. The first-order chi connectivity index (χ1) is 9.65. The third kappa shape index (κ3) is 4.46. The van der Waals surface area contributed by atoms with Gasteiger partial charge in [0.15, 0.2) is 11.5 Å². The minimum Gasteiger partial charge on any atom is -0.496 e. The zero-order chi connectivity index (χ0) is 15.0. The second-order valence-electron chi connectivity index (χ2n) is 4.62. The zero-order valence-corrected chi connectivity index (χ0v) is 13.1. The molecule has 0 bridgehead atoms. The largest absolute Gasteiger partial charge is 0.496 e. The van der Waals surface area contributed by atoms with Crippen LogP contribution < -0.4 is 19.5 Å². The highest BCUT2D eigenvalue weighted by Gasteiger charge is 2.10. The van der Waals surface area contributed by atoms with Crippen LogP contribution in [0.5, 0.6) is 17.2 Å². The molecule has 0 aliphatic rings. The molecule has 0 atom stereocenters. The molecule has 0 saturated carbocycles. The molecule has 0 amide bonds. The van der Waals surface area contributed by atoms with Gasteiger partial charge in [0, 0.05) is 18.2 Å². The van der Waals surface area contributed by atoms with Gasteiger partial charge in [0.1, 0.15) is 5.75 Å². The van der Waals surface area contributed by atoms with E-state index in [1.165, 1.54) is 5.57 Å². The molecule has 1 N–H and O–H groups in total. The minimum atomic E-state index is 0.670. The summed E-state index contributed by atoms with van der Waals surface area (Å²) >= 11 is 0. The van der Waals surface area contributed by atoms with E-state index in [1.54, 1.807) is 21.3 Å². The van der Waals surface area contributed by atoms with Crippen LogP contribution >= 0.6 is 0 Å². The van der Waals surface area contributed by atoms with Crippen molar-refractivity contribution in [2.75, 3.05) is 34.4 Å². The van der Waals surface area contributed by atoms with Crippen LogP contribution in [0.1, 0.15) is 25.8 Å². The first-order valence-corrected chi connectivity index (χ1v) is 6.84. The van der Waals surface area contributed by atoms with Gasteiger partial charge in [-0.05, 0) is 26.0 Å². The van der Waals surface area contributed by atoms with Gasteiger partial charge in [0.25, 0.3) is 0 Å². The summed E-state index contributed by atoms with van der Waals surface area (Å²) in [7, 11) is 4.91. The van der Waals surface area contributed by atoms with Gasteiger partial charge in [-0.25, -0.2) is 0 Å². The summed E-state index contributed by atoms with van der Waals surface area (Å²) in [4.78, 5) is 0. The van der Waals surface area contributed by atoms with Crippen molar-refractivity contribution in [2.24, 2.45) is 0 Å². The number of ether oxygens (including phenoxy) is 3. The average molecular weight is 279 g/mol. The smallest absolute Gasteiger partial charge is 0.164 e. The molecule has 20 heavy (non-hydrogen) atoms. The van der Waals surface area contributed by atoms with E-state index in [4.69, 9.17) is 14.2 Å². The van der Waals surface area contributed by atoms with Gasteiger partial charge >= 0.3 is 0 Å². The average Bonchev–Trinajstić information content (AvgIpc) is 2.47. The van der Waals surface area contributed by atoms with Crippen LogP contribution in [0.3, 0.4) is 0 Å². The van der Waals surface area contributed by atoms with Crippen molar-refractivity contribution in [2.45, 2.75) is 20.3 Å². The van der Waals surface area contributed by atoms with Crippen LogP contribution in [0, 0.1) is 0 Å². The summed E-state index contributed by atoms with van der Waals surface area (Å²) in [5, 5.41) is 3.38. The molecular formula is C16H25NO3. The number of rotatable bonds is 8. The topological polar surface area (TPSA) is 39.7 Å². The highest BCUT2D eigenvalue weighted by Crippen LogP contribution is 2.35. The van der Waals surface area contributed by atoms with Crippen molar-refractivity contribution < 1.29 is 14.2 Å². The molecule has 4 nitrogen and oxygen atoms in total. The quantitative estimate of drug-likeness (QED) is 0.742. The summed E-state index contributed by atoms with van der Waals surface area (Å²) in [5.74, 6) is 2.15. The molecule has 1 rings (SSSR count). The van der Waals surface area contributed by atoms with E-state index >= 15 is 0 Å². The second-order valence-corrected chi connectivity index (χ2v) is 4.62. The monoisotopic (exact) mass is 279 g/mol. The van der Waals surface area contributed by atoms with E-state index in [9.17, 15) is 0 Å². The summed E-state index contributed by atoms with van der Waals surface area (Å²) in [6, 6.07) is 3.78. The Hall–Kier alpha value is -1.68. The molecule has 4 heteroatoms. The molecule has 1 aromatic rings. The van der Waals surface area contributed by atoms with Crippen molar-refractivity contribution in [1.82, 2.24) is 5.32 Å². The van der Waals surface area contributed by atoms with Crippen LogP contribution in [0.25, 0.3) is 6.08 Å². The molecule has 112 valence electrons. The number of methoxy groups -OCH3 is 3. The predicted molar refractivity (Wildman–Crippen MR) is 82.9 cm³/mol. The molecule has 0 unspecified atom stereocenters. The molecule has 0 fully saturated rings. The lowest BCUT2D eigenvalue weighted by molar-refractivity contribution is 0.348. The molecule has 0 spiro atoms. The molecule has 0 radical (unpaired) electrons. The Balaban J connectivity index is 3.00. The number of hydrogen-bond acceptors (Lipinski definition) is 4. The fourth-order valence-corrected chi connectivity index (χ4v) is 1.94. The van der Waals surface area contributed by atoms with Crippen molar-refractivity contribution in [3.8, 4) is 17.2 Å². The van der Waals surface area contributed by atoms with E-state index in [0.29, 0.717) is 11.5 Å². The molecular weight excluding hydrogens is 254 g/mol. The normalized spacial score (nSPS) is 11.3. The van der Waals surface area contributed by atoms with Gasteiger partial charge in [0.2, 0.25) is 0 Å². The molecule has 0 heterocycles. The molecule has 0 aromatic heterocycles. The third-order valence-electron chi connectivity index (χ3n) is 2.97. The lowest BCUT2D eigenvalue weighted by Gasteiger charge is -2.13. The number of benzene rings is 1. The summed E-state index contributed by atoms with van der Waals surface area (Å²) in [6.07, 6.45) is 3.23. The van der Waals surface area contributed by atoms with E-state index in [2.05, 4.69) is 25.2 Å². The number of nitrogens with one attached hydrogen (secondary N) is 1. The lowest BCUT2D eigenvalue weighted by Crippen LogP contribution is -2.16. The minimum absolute atomic E-state index is 0.670. The lowest BCUT2D eigenvalue weighted by atomic mass is 10.1. The zero-order valence-electron chi connectivity index (χ0n) is 13.1. The fourth-order valence-electron chi connectivity index (χ4n) is 1.94. The molecule has 0 saturated heterocycles. The van der Waals surface area contributed by atoms with E-state index < -0.39 is 0 Å². The standard InChI is InChI=1S/C16H25NO3/c1-6-7-17-11-12(2)8-13-9-15(19-4)16(20-5)10-14(13)18-3/h8-10,17H,6-7,11H2,1-5H3. The van der Waals surface area contributed by atoms with Crippen LogP contribution in [-0.4, -0.2) is 34.4 Å². The van der Waals surface area contributed by atoms with E-state index in [-0.39, 0.29) is 0 Å². The van der Waals surface area contributed by atoms with Crippen molar-refractivity contribution in [3.63, 3.8) is 0 Å². The molecule has 1 aromatic carbocycles. The van der Waals surface area contributed by atoms with Crippen LogP contribution in [-0.2, 0) is 0 Å². The summed E-state index contributed by atoms with van der Waals surface area (Å²) in [5.41, 5.74) is 2.23. The Kier molecular flexibility index (Phi) is 6.94. The van der Waals surface area contributed by atoms with Crippen LogP contribution in [0.4, 0.5) is 0 Å². The van der Waals surface area contributed by atoms with Gasteiger partial charge in [-0.2, -0.15) is 0 Å². The second kappa shape index (κ2) is 8.48. The number of hydrogen-bond donors (Lipinski definition) is 1. The highest BCUT2D eigenvalue weighted by molar-refractivity contribution is 5.65. The highest BCUT2D eigenvalue weighted by atomic mass is 16.5. The first kappa shape index (κ1) is 16.4. The predicted octanol–water partition coefficient (Wildman–Crippen LogP) is 3.12. The Bertz CT molecular complexity index is 455. The third-order valence-corrected chi connectivity index (χ3v) is 2.97. The maximum Gasteiger partial charge on any atom is 0.164 e. The van der Waals surface area contributed by atoms with Gasteiger partial charge in [0.05, 0.1) is 21.3 Å². The molecule has 0 aliphatic carbocycles. The molecule has 0 aliphatic heterocycles. The Morgan fingerprint density at radius 2 is 1.65 bits per heavy atom. The maximum absolute atomic E-state index is 5.41. The fraction of sp³-hybridized carbons (Fsp3) is 0.500.